The van der Waals surface area contributed by atoms with Gasteiger partial charge in [-0.1, -0.05) is 30.3 Å². The Kier molecular flexibility index (Phi) is 7.44. The van der Waals surface area contributed by atoms with Crippen LogP contribution in [0, 0.1) is 0 Å². The highest BCUT2D eigenvalue weighted by molar-refractivity contribution is 9.11. The molecule has 0 spiro atoms. The SMILES string of the molecule is O=C1NC(=S)N(c2ccccc2)C(=O)/C1=C/c1cc(Br)c(OCc2ccc(C(=O)O)cc2)c(Br)c1. The summed E-state index contributed by atoms with van der Waals surface area (Å²) >= 11 is 12.2. The second kappa shape index (κ2) is 10.5. The summed E-state index contributed by atoms with van der Waals surface area (Å²) in [6.07, 6.45) is 1.49. The lowest BCUT2D eigenvalue weighted by Crippen LogP contribution is -2.54. The molecule has 3 aromatic rings. The summed E-state index contributed by atoms with van der Waals surface area (Å²) in [5.41, 5.74) is 2.06. The maximum Gasteiger partial charge on any atom is 0.335 e. The molecule has 1 heterocycles. The van der Waals surface area contributed by atoms with Crippen molar-refractivity contribution in [2.75, 3.05) is 4.90 Å². The van der Waals surface area contributed by atoms with E-state index in [1.54, 1.807) is 48.5 Å². The molecule has 0 aliphatic carbocycles. The number of aromatic carboxylic acids is 1. The number of ether oxygens (including phenoxy) is 1. The van der Waals surface area contributed by atoms with E-state index < -0.39 is 17.8 Å². The number of carboxylic acid groups (broad SMARTS) is 1. The Hall–Kier alpha value is -3.34. The number of nitrogens with one attached hydrogen (secondary N) is 1. The van der Waals surface area contributed by atoms with Gasteiger partial charge in [-0.25, -0.2) is 4.79 Å². The molecule has 0 radical (unpaired) electrons. The molecule has 35 heavy (non-hydrogen) atoms. The summed E-state index contributed by atoms with van der Waals surface area (Å²) < 4.78 is 7.09. The normalized spacial score (nSPS) is 14.7. The van der Waals surface area contributed by atoms with Gasteiger partial charge in [0.15, 0.2) is 5.11 Å². The third-order valence-electron chi connectivity index (χ3n) is 5.03. The topological polar surface area (TPSA) is 95.9 Å². The molecule has 4 rings (SSSR count). The maximum absolute atomic E-state index is 13.1. The maximum atomic E-state index is 13.1. The van der Waals surface area contributed by atoms with E-state index in [1.807, 2.05) is 6.07 Å². The number of hydrogen-bond donors (Lipinski definition) is 2. The van der Waals surface area contributed by atoms with Gasteiger partial charge >= 0.3 is 5.97 Å². The Labute approximate surface area is 222 Å². The van der Waals surface area contributed by atoms with Gasteiger partial charge in [-0.3, -0.25) is 19.8 Å². The number of thiocarbonyl (C=S) groups is 1. The zero-order chi connectivity index (χ0) is 25.1. The van der Waals surface area contributed by atoms with E-state index in [4.69, 9.17) is 22.1 Å². The molecule has 0 unspecified atom stereocenters. The van der Waals surface area contributed by atoms with Crippen LogP contribution in [0.4, 0.5) is 5.69 Å². The lowest BCUT2D eigenvalue weighted by Gasteiger charge is -2.28. The highest BCUT2D eigenvalue weighted by atomic mass is 79.9. The predicted octanol–water partition coefficient (Wildman–Crippen LogP) is 5.32. The molecule has 0 aromatic heterocycles. The molecule has 0 saturated carbocycles. The molecule has 2 N–H and O–H groups in total. The van der Waals surface area contributed by atoms with Gasteiger partial charge in [0.2, 0.25) is 0 Å². The number of carboxylic acids is 1. The Morgan fingerprint density at radius 2 is 1.66 bits per heavy atom. The van der Waals surface area contributed by atoms with Crippen molar-refractivity contribution >= 4 is 78.7 Å². The number of carbonyl (C=O) groups excluding carboxylic acids is 2. The van der Waals surface area contributed by atoms with E-state index >= 15 is 0 Å². The molecular formula is C25H16Br2N2O5S. The number of para-hydroxylation sites is 1. The molecule has 0 bridgehead atoms. The van der Waals surface area contributed by atoms with Crippen LogP contribution in [0.5, 0.6) is 5.75 Å². The molecule has 3 aromatic carbocycles. The zero-order valence-corrected chi connectivity index (χ0v) is 21.8. The quantitative estimate of drug-likeness (QED) is 0.221. The second-order valence-electron chi connectivity index (χ2n) is 7.40. The summed E-state index contributed by atoms with van der Waals surface area (Å²) in [4.78, 5) is 38.0. The largest absolute Gasteiger partial charge is 0.487 e. The smallest absolute Gasteiger partial charge is 0.335 e. The molecule has 7 nitrogen and oxygen atoms in total. The summed E-state index contributed by atoms with van der Waals surface area (Å²) in [5, 5.41) is 11.6. The molecule has 1 aliphatic rings. The first kappa shape index (κ1) is 24.8. The van der Waals surface area contributed by atoms with Gasteiger partial charge < -0.3 is 9.84 Å². The molecule has 1 aliphatic heterocycles. The van der Waals surface area contributed by atoms with Gasteiger partial charge in [-0.15, -0.1) is 0 Å². The van der Waals surface area contributed by atoms with Crippen LogP contribution < -0.4 is 15.0 Å². The Morgan fingerprint density at radius 3 is 2.26 bits per heavy atom. The van der Waals surface area contributed by atoms with Crippen LogP contribution in [0.2, 0.25) is 0 Å². The van der Waals surface area contributed by atoms with Crippen molar-refractivity contribution in [2.24, 2.45) is 0 Å². The third-order valence-corrected chi connectivity index (χ3v) is 6.49. The molecular weight excluding hydrogens is 600 g/mol. The first-order valence-electron chi connectivity index (χ1n) is 10.1. The van der Waals surface area contributed by atoms with Crippen LogP contribution in [0.15, 0.2) is 81.2 Å². The van der Waals surface area contributed by atoms with Gasteiger partial charge in [-0.2, -0.15) is 0 Å². The average molecular weight is 616 g/mol. The van der Waals surface area contributed by atoms with E-state index in [0.717, 1.165) is 5.56 Å². The van der Waals surface area contributed by atoms with Crippen molar-refractivity contribution in [2.45, 2.75) is 6.61 Å². The summed E-state index contributed by atoms with van der Waals surface area (Å²) in [6, 6.07) is 18.7. The second-order valence-corrected chi connectivity index (χ2v) is 9.49. The van der Waals surface area contributed by atoms with Gasteiger partial charge in [-0.05, 0) is 97.7 Å². The Balaban J connectivity index is 1.56. The van der Waals surface area contributed by atoms with Gasteiger partial charge in [0.1, 0.15) is 17.9 Å². The fourth-order valence-corrected chi connectivity index (χ4v) is 5.07. The highest BCUT2D eigenvalue weighted by Gasteiger charge is 2.34. The van der Waals surface area contributed by atoms with Crippen LogP contribution in [-0.4, -0.2) is 28.0 Å². The van der Waals surface area contributed by atoms with Crippen molar-refractivity contribution in [1.29, 1.82) is 0 Å². The summed E-state index contributed by atoms with van der Waals surface area (Å²) in [5.74, 6) is -1.58. The van der Waals surface area contributed by atoms with Gasteiger partial charge in [0, 0.05) is 0 Å². The van der Waals surface area contributed by atoms with Crippen LogP contribution in [0.25, 0.3) is 6.08 Å². The standard InChI is InChI=1S/C25H16Br2N2O5S/c26-19-11-15(12-20(27)21(19)34-13-14-6-8-16(9-7-14)24(32)33)10-18-22(30)28-25(35)29(23(18)31)17-4-2-1-3-5-17/h1-12H,13H2,(H,32,33)(H,28,30,35)/b18-10+. The number of hydrogen-bond acceptors (Lipinski definition) is 5. The van der Waals surface area contributed by atoms with Crippen molar-refractivity contribution in [3.05, 3.63) is 97.9 Å². The number of amides is 2. The number of halogens is 2. The van der Waals surface area contributed by atoms with E-state index in [9.17, 15) is 14.4 Å². The number of anilines is 1. The average Bonchev–Trinajstić information content (AvgIpc) is 2.82. The van der Waals surface area contributed by atoms with Crippen molar-refractivity contribution < 1.29 is 24.2 Å². The van der Waals surface area contributed by atoms with E-state index in [-0.39, 0.29) is 22.9 Å². The lowest BCUT2D eigenvalue weighted by atomic mass is 10.1. The molecule has 1 fully saturated rings. The van der Waals surface area contributed by atoms with Crippen LogP contribution in [0.3, 0.4) is 0 Å². The minimum atomic E-state index is -0.994. The summed E-state index contributed by atoms with van der Waals surface area (Å²) in [6.45, 7) is 0.210. The number of rotatable bonds is 6. The van der Waals surface area contributed by atoms with Crippen LogP contribution >= 0.6 is 44.1 Å². The molecule has 10 heteroatoms. The zero-order valence-electron chi connectivity index (χ0n) is 17.8. The van der Waals surface area contributed by atoms with Crippen LogP contribution in [0.1, 0.15) is 21.5 Å². The first-order chi connectivity index (χ1) is 16.7. The highest BCUT2D eigenvalue weighted by Crippen LogP contribution is 2.36. The monoisotopic (exact) mass is 614 g/mol. The van der Waals surface area contributed by atoms with Crippen molar-refractivity contribution in [1.82, 2.24) is 5.32 Å². The van der Waals surface area contributed by atoms with Gasteiger partial charge in [0.25, 0.3) is 11.8 Å². The van der Waals surface area contributed by atoms with Gasteiger partial charge in [0.05, 0.1) is 20.2 Å². The first-order valence-corrected chi connectivity index (χ1v) is 12.1. The van der Waals surface area contributed by atoms with Crippen molar-refractivity contribution in [3.63, 3.8) is 0 Å². The van der Waals surface area contributed by atoms with E-state index in [0.29, 0.717) is 25.9 Å². The molecule has 2 amide bonds. The molecule has 176 valence electrons. The minimum absolute atomic E-state index is 0.0193. The Morgan fingerprint density at radius 1 is 1.03 bits per heavy atom. The van der Waals surface area contributed by atoms with Crippen LogP contribution in [-0.2, 0) is 16.2 Å². The molecule has 0 atom stereocenters. The minimum Gasteiger partial charge on any atom is -0.487 e. The van der Waals surface area contributed by atoms with E-state index in [1.165, 1.54) is 23.1 Å². The predicted molar refractivity (Wildman–Crippen MR) is 142 cm³/mol. The lowest BCUT2D eigenvalue weighted by molar-refractivity contribution is -0.122. The number of benzene rings is 3. The van der Waals surface area contributed by atoms with Crippen molar-refractivity contribution in [3.8, 4) is 5.75 Å². The Bertz CT molecular complexity index is 1350. The summed E-state index contributed by atoms with van der Waals surface area (Å²) in [7, 11) is 0. The fraction of sp³-hybridized carbons (Fsp3) is 0.0400. The number of nitrogens with zero attached hydrogens (tertiary/aromatic N) is 1. The number of carbonyl (C=O) groups is 3. The van der Waals surface area contributed by atoms with E-state index in [2.05, 4.69) is 37.2 Å². The molecule has 1 saturated heterocycles. The third kappa shape index (κ3) is 5.50. The fourth-order valence-electron chi connectivity index (χ4n) is 3.34.